The lowest BCUT2D eigenvalue weighted by atomic mass is 9.96. The van der Waals surface area contributed by atoms with Gasteiger partial charge in [0, 0.05) is 17.6 Å². The summed E-state index contributed by atoms with van der Waals surface area (Å²) >= 11 is 5.43. The molecule has 1 saturated carbocycles. The van der Waals surface area contributed by atoms with Crippen LogP contribution >= 0.6 is 12.2 Å². The van der Waals surface area contributed by atoms with E-state index in [1.165, 1.54) is 32.1 Å². The van der Waals surface area contributed by atoms with Crippen molar-refractivity contribution in [3.63, 3.8) is 0 Å². The third kappa shape index (κ3) is 3.07. The zero-order valence-electron chi connectivity index (χ0n) is 11.4. The number of fused-ring (bicyclic) bond motifs is 1. The Morgan fingerprint density at radius 2 is 1.90 bits per heavy atom. The van der Waals surface area contributed by atoms with Gasteiger partial charge in [0.1, 0.15) is 0 Å². The lowest BCUT2D eigenvalue weighted by Gasteiger charge is -2.24. The fraction of sp³-hybridized carbons (Fsp3) is 0.375. The molecule has 0 amide bonds. The van der Waals surface area contributed by atoms with Crippen molar-refractivity contribution in [2.24, 2.45) is 0 Å². The molecule has 0 spiro atoms. The second-order valence-electron chi connectivity index (χ2n) is 5.31. The van der Waals surface area contributed by atoms with E-state index in [1.807, 2.05) is 24.4 Å². The van der Waals surface area contributed by atoms with E-state index in [1.54, 1.807) is 0 Å². The van der Waals surface area contributed by atoms with Crippen LogP contribution in [0.4, 0.5) is 5.69 Å². The van der Waals surface area contributed by atoms with Crippen LogP contribution in [0.1, 0.15) is 32.1 Å². The summed E-state index contributed by atoms with van der Waals surface area (Å²) in [4.78, 5) is 4.43. The Morgan fingerprint density at radius 1 is 1.10 bits per heavy atom. The summed E-state index contributed by atoms with van der Waals surface area (Å²) in [7, 11) is 0. The van der Waals surface area contributed by atoms with Crippen LogP contribution < -0.4 is 10.6 Å². The Morgan fingerprint density at radius 3 is 2.75 bits per heavy atom. The van der Waals surface area contributed by atoms with Crippen LogP contribution in [0.3, 0.4) is 0 Å². The number of nitrogens with one attached hydrogen (secondary N) is 2. The molecule has 4 heteroatoms. The minimum absolute atomic E-state index is 0.520. The van der Waals surface area contributed by atoms with E-state index in [0.717, 1.165) is 16.6 Å². The normalized spacial score (nSPS) is 16.0. The summed E-state index contributed by atoms with van der Waals surface area (Å²) in [5, 5.41) is 8.54. The van der Waals surface area contributed by atoms with Gasteiger partial charge < -0.3 is 10.6 Å². The number of aromatic nitrogens is 1. The first kappa shape index (κ1) is 13.3. The fourth-order valence-electron chi connectivity index (χ4n) is 2.80. The predicted molar refractivity (Wildman–Crippen MR) is 88.0 cm³/mol. The monoisotopic (exact) mass is 285 g/mol. The summed E-state index contributed by atoms with van der Waals surface area (Å²) in [5.41, 5.74) is 1.93. The molecule has 1 aromatic carbocycles. The first-order chi connectivity index (χ1) is 9.83. The Hall–Kier alpha value is -1.68. The molecule has 0 aliphatic heterocycles. The van der Waals surface area contributed by atoms with E-state index in [2.05, 4.69) is 27.8 Å². The molecule has 1 aromatic heterocycles. The van der Waals surface area contributed by atoms with Crippen LogP contribution in [-0.2, 0) is 0 Å². The van der Waals surface area contributed by atoms with Crippen LogP contribution in [0.2, 0.25) is 0 Å². The lowest BCUT2D eigenvalue weighted by molar-refractivity contribution is 0.415. The van der Waals surface area contributed by atoms with Crippen molar-refractivity contribution in [2.45, 2.75) is 38.1 Å². The van der Waals surface area contributed by atoms with Crippen molar-refractivity contribution >= 4 is 33.9 Å². The van der Waals surface area contributed by atoms with Gasteiger partial charge in [-0.25, -0.2) is 0 Å². The van der Waals surface area contributed by atoms with Gasteiger partial charge in [-0.3, -0.25) is 4.98 Å². The average molecular weight is 285 g/mol. The first-order valence-electron chi connectivity index (χ1n) is 7.24. The second-order valence-corrected chi connectivity index (χ2v) is 5.72. The van der Waals surface area contributed by atoms with Crippen LogP contribution in [0, 0.1) is 0 Å². The van der Waals surface area contributed by atoms with Gasteiger partial charge in [-0.1, -0.05) is 37.5 Å². The van der Waals surface area contributed by atoms with Crippen molar-refractivity contribution in [3.8, 4) is 0 Å². The van der Waals surface area contributed by atoms with Gasteiger partial charge in [0.05, 0.1) is 11.2 Å². The lowest BCUT2D eigenvalue weighted by Crippen LogP contribution is -2.38. The summed E-state index contributed by atoms with van der Waals surface area (Å²) in [6.07, 6.45) is 8.20. The number of rotatable bonds is 2. The maximum Gasteiger partial charge on any atom is 0.171 e. The molecule has 1 fully saturated rings. The Bertz CT molecular complexity index is 600. The fourth-order valence-corrected chi connectivity index (χ4v) is 3.07. The summed E-state index contributed by atoms with van der Waals surface area (Å²) in [6, 6.07) is 10.6. The molecule has 0 atom stereocenters. The number of hydrogen-bond donors (Lipinski definition) is 2. The van der Waals surface area contributed by atoms with Crippen LogP contribution in [0.15, 0.2) is 36.5 Å². The number of nitrogens with zero attached hydrogens (tertiary/aromatic N) is 1. The molecule has 0 saturated heterocycles. The summed E-state index contributed by atoms with van der Waals surface area (Å²) in [5.74, 6) is 0. The van der Waals surface area contributed by atoms with Gasteiger partial charge in [-0.15, -0.1) is 0 Å². The highest BCUT2D eigenvalue weighted by molar-refractivity contribution is 7.80. The maximum atomic E-state index is 5.43. The molecule has 1 heterocycles. The molecule has 104 valence electrons. The quantitative estimate of drug-likeness (QED) is 0.822. The third-order valence-corrected chi connectivity index (χ3v) is 4.04. The van der Waals surface area contributed by atoms with Crippen molar-refractivity contribution in [3.05, 3.63) is 36.5 Å². The number of pyridine rings is 1. The van der Waals surface area contributed by atoms with E-state index in [-0.39, 0.29) is 0 Å². The highest BCUT2D eigenvalue weighted by atomic mass is 32.1. The zero-order chi connectivity index (χ0) is 13.8. The predicted octanol–water partition coefficient (Wildman–Crippen LogP) is 3.85. The molecule has 0 radical (unpaired) electrons. The Kier molecular flexibility index (Phi) is 4.11. The topological polar surface area (TPSA) is 37.0 Å². The number of anilines is 1. The zero-order valence-corrected chi connectivity index (χ0v) is 12.2. The highest BCUT2D eigenvalue weighted by Gasteiger charge is 2.14. The molecule has 20 heavy (non-hydrogen) atoms. The van der Waals surface area contributed by atoms with E-state index in [4.69, 9.17) is 12.2 Å². The Labute approximate surface area is 124 Å². The molecule has 3 rings (SSSR count). The van der Waals surface area contributed by atoms with Gasteiger partial charge in [-0.2, -0.15) is 0 Å². The molecule has 2 aromatic rings. The minimum Gasteiger partial charge on any atom is -0.360 e. The summed E-state index contributed by atoms with van der Waals surface area (Å²) in [6.45, 7) is 0. The van der Waals surface area contributed by atoms with Gasteiger partial charge in [0.15, 0.2) is 5.11 Å². The molecule has 2 N–H and O–H groups in total. The molecule has 3 nitrogen and oxygen atoms in total. The highest BCUT2D eigenvalue weighted by Crippen LogP contribution is 2.21. The van der Waals surface area contributed by atoms with Gasteiger partial charge in [-0.05, 0) is 37.2 Å². The molecule has 1 aliphatic rings. The van der Waals surface area contributed by atoms with E-state index >= 15 is 0 Å². The van der Waals surface area contributed by atoms with Crippen LogP contribution in [0.5, 0.6) is 0 Å². The van der Waals surface area contributed by atoms with Crippen molar-refractivity contribution < 1.29 is 0 Å². The largest absolute Gasteiger partial charge is 0.360 e. The molecular weight excluding hydrogens is 266 g/mol. The number of hydrogen-bond acceptors (Lipinski definition) is 2. The van der Waals surface area contributed by atoms with Crippen LogP contribution in [0.25, 0.3) is 10.9 Å². The van der Waals surface area contributed by atoms with Crippen molar-refractivity contribution in [1.29, 1.82) is 0 Å². The molecule has 0 bridgehead atoms. The summed E-state index contributed by atoms with van der Waals surface area (Å²) < 4.78 is 0. The minimum atomic E-state index is 0.520. The first-order valence-corrected chi connectivity index (χ1v) is 7.65. The number of thiocarbonyl (C=S) groups is 1. The van der Waals surface area contributed by atoms with E-state index in [9.17, 15) is 0 Å². The third-order valence-electron chi connectivity index (χ3n) is 3.82. The van der Waals surface area contributed by atoms with Crippen molar-refractivity contribution in [1.82, 2.24) is 10.3 Å². The molecule has 1 aliphatic carbocycles. The van der Waals surface area contributed by atoms with E-state index in [0.29, 0.717) is 11.2 Å². The number of benzene rings is 1. The smallest absolute Gasteiger partial charge is 0.171 e. The van der Waals surface area contributed by atoms with Crippen molar-refractivity contribution in [2.75, 3.05) is 5.32 Å². The Balaban J connectivity index is 1.71. The van der Waals surface area contributed by atoms with Gasteiger partial charge >= 0.3 is 0 Å². The SMILES string of the molecule is S=C(Nc1cccc2cccnc12)NC1CCCCC1. The molecular formula is C16H19N3S. The average Bonchev–Trinajstić information content (AvgIpc) is 2.48. The number of para-hydroxylation sites is 1. The standard InChI is InChI=1S/C16H19N3S/c20-16(18-13-8-2-1-3-9-13)19-14-10-4-6-12-7-5-11-17-15(12)14/h4-7,10-11,13H,1-3,8-9H2,(H2,18,19,20). The van der Waals surface area contributed by atoms with Crippen LogP contribution in [-0.4, -0.2) is 16.1 Å². The van der Waals surface area contributed by atoms with E-state index < -0.39 is 0 Å². The van der Waals surface area contributed by atoms with Gasteiger partial charge in [0.25, 0.3) is 0 Å². The molecule has 0 unspecified atom stereocenters. The second kappa shape index (κ2) is 6.18. The maximum absolute atomic E-state index is 5.43. The van der Waals surface area contributed by atoms with Gasteiger partial charge in [0.2, 0.25) is 0 Å².